The van der Waals surface area contributed by atoms with Crippen molar-refractivity contribution in [3.8, 4) is 0 Å². The van der Waals surface area contributed by atoms with E-state index < -0.39 is 0 Å². The fourth-order valence-corrected chi connectivity index (χ4v) is 3.36. The highest BCUT2D eigenvalue weighted by Gasteiger charge is 2.36. The Kier molecular flexibility index (Phi) is 5.88. The Balaban J connectivity index is 1.83. The molecule has 0 aromatic carbocycles. The first-order valence-corrected chi connectivity index (χ1v) is 8.65. The number of nitrogens with one attached hydrogen (secondary N) is 1. The average Bonchev–Trinajstić information content (AvgIpc) is 3.30. The lowest BCUT2D eigenvalue weighted by atomic mass is 9.92. The van der Waals surface area contributed by atoms with E-state index in [9.17, 15) is 4.79 Å². The molecule has 0 aromatic heterocycles. The molecule has 3 heteroatoms. The van der Waals surface area contributed by atoms with E-state index in [0.29, 0.717) is 23.9 Å². The Morgan fingerprint density at radius 1 is 1.20 bits per heavy atom. The smallest absolute Gasteiger partial charge is 0.223 e. The topological polar surface area (TPSA) is 32.3 Å². The highest BCUT2D eigenvalue weighted by atomic mass is 16.2. The maximum Gasteiger partial charge on any atom is 0.223 e. The molecule has 116 valence electrons. The molecule has 1 heterocycles. The number of piperidine rings is 1. The molecule has 2 aliphatic rings. The monoisotopic (exact) mass is 280 g/mol. The first kappa shape index (κ1) is 15.8. The van der Waals surface area contributed by atoms with Crippen molar-refractivity contribution in [1.29, 1.82) is 0 Å². The maximum absolute atomic E-state index is 12.6. The van der Waals surface area contributed by atoms with Gasteiger partial charge in [0.2, 0.25) is 5.91 Å². The Bertz CT molecular complexity index is 308. The van der Waals surface area contributed by atoms with E-state index in [0.717, 1.165) is 38.3 Å². The summed E-state index contributed by atoms with van der Waals surface area (Å²) >= 11 is 0. The largest absolute Gasteiger partial charge is 0.337 e. The van der Waals surface area contributed by atoms with Gasteiger partial charge < -0.3 is 10.2 Å². The summed E-state index contributed by atoms with van der Waals surface area (Å²) in [5, 5.41) is 3.40. The van der Waals surface area contributed by atoms with E-state index in [1.807, 2.05) is 0 Å². The molecule has 3 nitrogen and oxygen atoms in total. The van der Waals surface area contributed by atoms with Crippen LogP contribution in [0.15, 0.2) is 0 Å². The SMILES string of the molecule is CCC(C)C(C)N(C(=O)CCC1CCNCC1)C1CC1. The molecular formula is C17H32N2O. The van der Waals surface area contributed by atoms with Crippen LogP contribution in [0.5, 0.6) is 0 Å². The second-order valence-corrected chi connectivity index (χ2v) is 6.89. The van der Waals surface area contributed by atoms with Gasteiger partial charge in [0, 0.05) is 18.5 Å². The van der Waals surface area contributed by atoms with Crippen molar-refractivity contribution in [3.05, 3.63) is 0 Å². The van der Waals surface area contributed by atoms with Crippen LogP contribution < -0.4 is 5.32 Å². The molecule has 1 saturated carbocycles. The summed E-state index contributed by atoms with van der Waals surface area (Å²) < 4.78 is 0. The minimum absolute atomic E-state index is 0.410. The van der Waals surface area contributed by atoms with E-state index in [4.69, 9.17) is 0 Å². The molecule has 0 bridgehead atoms. The van der Waals surface area contributed by atoms with Gasteiger partial charge in [-0.2, -0.15) is 0 Å². The molecular weight excluding hydrogens is 248 g/mol. The highest BCUT2D eigenvalue weighted by molar-refractivity contribution is 5.77. The minimum Gasteiger partial charge on any atom is -0.337 e. The summed E-state index contributed by atoms with van der Waals surface area (Å²) in [4.78, 5) is 14.9. The molecule has 20 heavy (non-hydrogen) atoms. The van der Waals surface area contributed by atoms with Gasteiger partial charge in [-0.3, -0.25) is 4.79 Å². The third-order valence-electron chi connectivity index (χ3n) is 5.36. The third-order valence-corrected chi connectivity index (χ3v) is 5.36. The average molecular weight is 280 g/mol. The van der Waals surface area contributed by atoms with Crippen molar-refractivity contribution in [1.82, 2.24) is 10.2 Å². The lowest BCUT2D eigenvalue weighted by Crippen LogP contribution is -2.43. The number of rotatable bonds is 7. The summed E-state index contributed by atoms with van der Waals surface area (Å²) in [5.74, 6) is 1.79. The van der Waals surface area contributed by atoms with Gasteiger partial charge in [-0.25, -0.2) is 0 Å². The lowest BCUT2D eigenvalue weighted by Gasteiger charge is -2.34. The van der Waals surface area contributed by atoms with Crippen LogP contribution in [0.3, 0.4) is 0 Å². The lowest BCUT2D eigenvalue weighted by molar-refractivity contribution is -0.135. The Morgan fingerprint density at radius 3 is 2.40 bits per heavy atom. The molecule has 1 amide bonds. The molecule has 1 saturated heterocycles. The van der Waals surface area contributed by atoms with Crippen LogP contribution in [0.2, 0.25) is 0 Å². The molecule has 0 aromatic rings. The number of carbonyl (C=O) groups is 1. The number of amides is 1. The van der Waals surface area contributed by atoms with Gasteiger partial charge in [-0.1, -0.05) is 20.3 Å². The zero-order chi connectivity index (χ0) is 14.5. The van der Waals surface area contributed by atoms with Gasteiger partial charge in [-0.15, -0.1) is 0 Å². The quantitative estimate of drug-likeness (QED) is 0.777. The predicted octanol–water partition coefficient (Wildman–Crippen LogP) is 3.19. The number of hydrogen-bond acceptors (Lipinski definition) is 2. The molecule has 2 rings (SSSR count). The van der Waals surface area contributed by atoms with Crippen molar-refractivity contribution in [2.45, 2.75) is 77.8 Å². The van der Waals surface area contributed by atoms with Gasteiger partial charge in [0.1, 0.15) is 0 Å². The Morgan fingerprint density at radius 2 is 1.85 bits per heavy atom. The molecule has 1 aliphatic carbocycles. The van der Waals surface area contributed by atoms with Crippen LogP contribution in [0, 0.1) is 11.8 Å². The van der Waals surface area contributed by atoms with Crippen LogP contribution in [0.1, 0.15) is 65.7 Å². The summed E-state index contributed by atoms with van der Waals surface area (Å²) in [5.41, 5.74) is 0. The molecule has 0 spiro atoms. The molecule has 2 fully saturated rings. The Hall–Kier alpha value is -0.570. The molecule has 0 radical (unpaired) electrons. The normalized spacial score (nSPS) is 23.4. The second-order valence-electron chi connectivity index (χ2n) is 6.89. The molecule has 2 unspecified atom stereocenters. The standard InChI is InChI=1S/C17H32N2O/c1-4-13(2)14(3)19(16-6-7-16)17(20)8-5-15-9-11-18-12-10-15/h13-16,18H,4-12H2,1-3H3. The van der Waals surface area contributed by atoms with E-state index in [1.54, 1.807) is 0 Å². The summed E-state index contributed by atoms with van der Waals surface area (Å²) in [6.45, 7) is 9.02. The second kappa shape index (κ2) is 7.44. The first-order valence-electron chi connectivity index (χ1n) is 8.65. The van der Waals surface area contributed by atoms with Crippen LogP contribution in [-0.2, 0) is 4.79 Å². The van der Waals surface area contributed by atoms with Crippen molar-refractivity contribution in [3.63, 3.8) is 0 Å². The maximum atomic E-state index is 12.6. The van der Waals surface area contributed by atoms with Gasteiger partial charge in [0.25, 0.3) is 0 Å². The van der Waals surface area contributed by atoms with E-state index in [-0.39, 0.29) is 0 Å². The van der Waals surface area contributed by atoms with Crippen molar-refractivity contribution in [2.24, 2.45) is 11.8 Å². The van der Waals surface area contributed by atoms with Gasteiger partial charge >= 0.3 is 0 Å². The van der Waals surface area contributed by atoms with Crippen LogP contribution in [-0.4, -0.2) is 36.0 Å². The minimum atomic E-state index is 0.410. The fraction of sp³-hybridized carbons (Fsp3) is 0.941. The van der Waals surface area contributed by atoms with E-state index >= 15 is 0 Å². The highest BCUT2D eigenvalue weighted by Crippen LogP contribution is 2.32. The number of hydrogen-bond donors (Lipinski definition) is 1. The van der Waals surface area contributed by atoms with Crippen LogP contribution in [0.25, 0.3) is 0 Å². The molecule has 1 N–H and O–H groups in total. The number of nitrogens with zero attached hydrogens (tertiary/aromatic N) is 1. The van der Waals surface area contributed by atoms with E-state index in [1.165, 1.54) is 25.7 Å². The zero-order valence-corrected chi connectivity index (χ0v) is 13.5. The van der Waals surface area contributed by atoms with Crippen molar-refractivity contribution in [2.75, 3.05) is 13.1 Å². The predicted molar refractivity (Wildman–Crippen MR) is 83.6 cm³/mol. The molecule has 1 aliphatic heterocycles. The summed E-state index contributed by atoms with van der Waals surface area (Å²) in [6.07, 6.45) is 7.96. The van der Waals surface area contributed by atoms with Crippen molar-refractivity contribution >= 4 is 5.91 Å². The summed E-state index contributed by atoms with van der Waals surface area (Å²) in [6, 6.07) is 0.965. The van der Waals surface area contributed by atoms with Crippen LogP contribution in [0.4, 0.5) is 0 Å². The van der Waals surface area contributed by atoms with Gasteiger partial charge in [0.05, 0.1) is 0 Å². The van der Waals surface area contributed by atoms with Crippen molar-refractivity contribution < 1.29 is 4.79 Å². The van der Waals surface area contributed by atoms with E-state index in [2.05, 4.69) is 31.0 Å². The molecule has 2 atom stereocenters. The number of carbonyl (C=O) groups excluding carboxylic acids is 1. The zero-order valence-electron chi connectivity index (χ0n) is 13.5. The third kappa shape index (κ3) is 4.21. The summed E-state index contributed by atoms with van der Waals surface area (Å²) in [7, 11) is 0. The first-order chi connectivity index (χ1) is 9.63. The van der Waals surface area contributed by atoms with Crippen LogP contribution >= 0.6 is 0 Å². The Labute approximate surface area is 124 Å². The van der Waals surface area contributed by atoms with Gasteiger partial charge in [-0.05, 0) is 64.0 Å². The fourth-order valence-electron chi connectivity index (χ4n) is 3.36. The van der Waals surface area contributed by atoms with Gasteiger partial charge in [0.15, 0.2) is 0 Å².